The molecule has 0 aliphatic heterocycles. The molecule has 0 N–H and O–H groups in total. The number of aryl methyl sites for hydroxylation is 3. The van der Waals surface area contributed by atoms with Crippen LogP contribution < -0.4 is 0 Å². The van der Waals surface area contributed by atoms with Gasteiger partial charge in [0, 0.05) is 21.9 Å². The zero-order valence-electron chi connectivity index (χ0n) is 19.2. The Labute approximate surface area is 193 Å². The highest BCUT2D eigenvalue weighted by Gasteiger charge is 2.21. The van der Waals surface area contributed by atoms with Crippen LogP contribution in [0.25, 0.3) is 11.0 Å². The van der Waals surface area contributed by atoms with E-state index in [4.69, 9.17) is 9.15 Å². The summed E-state index contributed by atoms with van der Waals surface area (Å²) in [6.07, 6.45) is 4.89. The number of benzene rings is 1. The van der Waals surface area contributed by atoms with Crippen molar-refractivity contribution >= 4 is 40.0 Å². The van der Waals surface area contributed by atoms with Crippen LogP contribution in [0.1, 0.15) is 72.9 Å². The Bertz CT molecular complexity index is 1020. The minimum absolute atomic E-state index is 0.180. The molecular formula is C25H33NO3S2. The van der Waals surface area contributed by atoms with E-state index in [1.165, 1.54) is 29.4 Å². The normalized spacial score (nSPS) is 12.4. The standard InChI is InChI=1S/C25H33NO3S2/c1-6-8-9-19(24-17(4)20-11-10-16(3)14-21(20)29-24)12-13-30-25-26-18(5)22(31-25)15-23(27)28-7-2/h10-11,14,19H,6-9,12-13,15H2,1-5H3. The lowest BCUT2D eigenvalue weighted by atomic mass is 9.93. The first kappa shape index (κ1) is 23.9. The fraction of sp³-hybridized carbons (Fsp3) is 0.520. The zero-order valence-corrected chi connectivity index (χ0v) is 20.9. The number of hydrogen-bond donors (Lipinski definition) is 0. The Morgan fingerprint density at radius 1 is 1.23 bits per heavy atom. The molecule has 2 heterocycles. The van der Waals surface area contributed by atoms with E-state index in [2.05, 4.69) is 44.0 Å². The summed E-state index contributed by atoms with van der Waals surface area (Å²) in [5, 5.41) is 1.23. The third-order valence-corrected chi connectivity index (χ3v) is 7.92. The van der Waals surface area contributed by atoms with Crippen LogP contribution in [0.5, 0.6) is 0 Å². The van der Waals surface area contributed by atoms with Crippen LogP contribution in [0.3, 0.4) is 0 Å². The summed E-state index contributed by atoms with van der Waals surface area (Å²) in [7, 11) is 0. The van der Waals surface area contributed by atoms with Gasteiger partial charge in [0.2, 0.25) is 0 Å². The quantitative estimate of drug-likeness (QED) is 0.221. The summed E-state index contributed by atoms with van der Waals surface area (Å²) in [5.74, 6) is 2.37. The average Bonchev–Trinajstić information content (AvgIpc) is 3.23. The molecule has 0 aliphatic rings. The number of carbonyl (C=O) groups excluding carboxylic acids is 1. The summed E-state index contributed by atoms with van der Waals surface area (Å²) in [5.41, 5.74) is 4.45. The number of carbonyl (C=O) groups is 1. The van der Waals surface area contributed by atoms with Crippen LogP contribution in [0.4, 0.5) is 0 Å². The lowest BCUT2D eigenvalue weighted by molar-refractivity contribution is -0.142. The Morgan fingerprint density at radius 2 is 2.03 bits per heavy atom. The third-order valence-electron chi connectivity index (χ3n) is 5.58. The van der Waals surface area contributed by atoms with Crippen LogP contribution >= 0.6 is 23.1 Å². The van der Waals surface area contributed by atoms with E-state index in [1.54, 1.807) is 23.1 Å². The molecule has 3 rings (SSSR count). The minimum atomic E-state index is -0.180. The molecule has 0 amide bonds. The number of furan rings is 1. The van der Waals surface area contributed by atoms with Gasteiger partial charge in [0.25, 0.3) is 0 Å². The van der Waals surface area contributed by atoms with Gasteiger partial charge >= 0.3 is 5.97 Å². The average molecular weight is 460 g/mol. The second-order valence-corrected chi connectivity index (χ2v) is 10.5. The molecule has 6 heteroatoms. The van der Waals surface area contributed by atoms with Crippen molar-refractivity contribution < 1.29 is 13.9 Å². The van der Waals surface area contributed by atoms with Crippen molar-refractivity contribution in [3.05, 3.63) is 45.7 Å². The number of fused-ring (bicyclic) bond motifs is 1. The highest BCUT2D eigenvalue weighted by molar-refractivity contribution is 8.01. The third kappa shape index (κ3) is 6.13. The molecule has 0 saturated carbocycles. The Balaban J connectivity index is 1.68. The number of ether oxygens (including phenoxy) is 1. The van der Waals surface area contributed by atoms with Gasteiger partial charge in [-0.3, -0.25) is 4.79 Å². The van der Waals surface area contributed by atoms with Gasteiger partial charge in [0.05, 0.1) is 18.7 Å². The smallest absolute Gasteiger partial charge is 0.311 e. The van der Waals surface area contributed by atoms with Crippen LogP contribution in [-0.2, 0) is 16.0 Å². The summed E-state index contributed by atoms with van der Waals surface area (Å²) in [4.78, 5) is 17.5. The maximum atomic E-state index is 11.8. The molecule has 0 saturated heterocycles. The molecule has 1 unspecified atom stereocenters. The number of nitrogens with zero attached hydrogens (tertiary/aromatic N) is 1. The molecule has 1 aromatic carbocycles. The number of unbranched alkanes of at least 4 members (excludes halogenated alkanes) is 1. The second-order valence-electron chi connectivity index (χ2n) is 8.04. The lowest BCUT2D eigenvalue weighted by Crippen LogP contribution is -2.07. The van der Waals surface area contributed by atoms with E-state index < -0.39 is 0 Å². The molecule has 31 heavy (non-hydrogen) atoms. The summed E-state index contributed by atoms with van der Waals surface area (Å²) in [6, 6.07) is 6.48. The van der Waals surface area contributed by atoms with Gasteiger partial charge in [-0.15, -0.1) is 11.3 Å². The lowest BCUT2D eigenvalue weighted by Gasteiger charge is -2.15. The van der Waals surface area contributed by atoms with E-state index in [9.17, 15) is 4.79 Å². The largest absolute Gasteiger partial charge is 0.466 e. The Kier molecular flexibility index (Phi) is 8.61. The SMILES string of the molecule is CCCCC(CCSc1nc(C)c(CC(=O)OCC)s1)c1oc2cc(C)ccc2c1C. The molecule has 4 nitrogen and oxygen atoms in total. The van der Waals surface area contributed by atoms with Crippen molar-refractivity contribution in [3.8, 4) is 0 Å². The van der Waals surface area contributed by atoms with Gasteiger partial charge in [-0.2, -0.15) is 0 Å². The highest BCUT2D eigenvalue weighted by atomic mass is 32.2. The number of thioether (sulfide) groups is 1. The highest BCUT2D eigenvalue weighted by Crippen LogP contribution is 2.37. The molecule has 1 atom stereocenters. The number of esters is 1. The minimum Gasteiger partial charge on any atom is -0.466 e. The van der Waals surface area contributed by atoms with Gasteiger partial charge in [-0.25, -0.2) is 4.98 Å². The molecule has 168 valence electrons. The van der Waals surface area contributed by atoms with Crippen molar-refractivity contribution in [1.82, 2.24) is 4.98 Å². The number of aromatic nitrogens is 1. The molecule has 0 bridgehead atoms. The molecular weight excluding hydrogens is 426 g/mol. The van der Waals surface area contributed by atoms with Gasteiger partial charge in [0.15, 0.2) is 0 Å². The predicted octanol–water partition coefficient (Wildman–Crippen LogP) is 7.38. The second kappa shape index (κ2) is 11.2. The van der Waals surface area contributed by atoms with Crippen LogP contribution in [0, 0.1) is 20.8 Å². The monoisotopic (exact) mass is 459 g/mol. The van der Waals surface area contributed by atoms with Gasteiger partial charge < -0.3 is 9.15 Å². The first-order valence-electron chi connectivity index (χ1n) is 11.2. The topological polar surface area (TPSA) is 52.3 Å². The van der Waals surface area contributed by atoms with Crippen molar-refractivity contribution in [2.24, 2.45) is 0 Å². The molecule has 0 fully saturated rings. The van der Waals surface area contributed by atoms with Gasteiger partial charge in [-0.05, 0) is 57.7 Å². The van der Waals surface area contributed by atoms with Crippen LogP contribution in [-0.4, -0.2) is 23.3 Å². The van der Waals surface area contributed by atoms with Crippen molar-refractivity contribution in [3.63, 3.8) is 0 Å². The summed E-state index contributed by atoms with van der Waals surface area (Å²) in [6.45, 7) is 10.8. The van der Waals surface area contributed by atoms with E-state index >= 15 is 0 Å². The number of thiazole rings is 1. The fourth-order valence-corrected chi connectivity index (χ4v) is 6.20. The Hall–Kier alpha value is -1.79. The maximum absolute atomic E-state index is 11.8. The van der Waals surface area contributed by atoms with E-state index in [0.717, 1.165) is 44.8 Å². The van der Waals surface area contributed by atoms with Crippen molar-refractivity contribution in [2.75, 3.05) is 12.4 Å². The van der Waals surface area contributed by atoms with Gasteiger partial charge in [-0.1, -0.05) is 43.7 Å². The van der Waals surface area contributed by atoms with E-state index in [-0.39, 0.29) is 5.97 Å². The van der Waals surface area contributed by atoms with E-state index in [0.29, 0.717) is 18.9 Å². The maximum Gasteiger partial charge on any atom is 0.311 e. The molecule has 0 aliphatic carbocycles. The predicted molar refractivity (Wildman–Crippen MR) is 130 cm³/mol. The van der Waals surface area contributed by atoms with Crippen LogP contribution in [0.15, 0.2) is 27.0 Å². The van der Waals surface area contributed by atoms with Crippen molar-refractivity contribution in [2.45, 2.75) is 77.0 Å². The molecule has 0 radical (unpaired) electrons. The fourth-order valence-electron chi connectivity index (χ4n) is 3.86. The molecule has 3 aromatic rings. The van der Waals surface area contributed by atoms with Crippen LogP contribution in [0.2, 0.25) is 0 Å². The molecule has 2 aromatic heterocycles. The van der Waals surface area contributed by atoms with Gasteiger partial charge in [0.1, 0.15) is 15.7 Å². The zero-order chi connectivity index (χ0) is 22.4. The first-order chi connectivity index (χ1) is 14.9. The summed E-state index contributed by atoms with van der Waals surface area (Å²) < 4.78 is 12.5. The number of hydrogen-bond acceptors (Lipinski definition) is 6. The molecule has 0 spiro atoms. The summed E-state index contributed by atoms with van der Waals surface area (Å²) >= 11 is 3.40. The first-order valence-corrected chi connectivity index (χ1v) is 13.0. The van der Waals surface area contributed by atoms with Crippen molar-refractivity contribution in [1.29, 1.82) is 0 Å². The number of rotatable bonds is 11. The Morgan fingerprint density at radius 3 is 2.77 bits per heavy atom. The van der Waals surface area contributed by atoms with E-state index in [1.807, 2.05) is 13.8 Å².